The Labute approximate surface area is 159 Å². The fourth-order valence-electron chi connectivity index (χ4n) is 3.88. The molecule has 0 atom stereocenters. The zero-order valence-corrected chi connectivity index (χ0v) is 15.4. The molecular weight excluding hydrogens is 338 g/mol. The van der Waals surface area contributed by atoms with Crippen LogP contribution in [0, 0.1) is 0 Å². The van der Waals surface area contributed by atoms with E-state index in [1.807, 2.05) is 30.3 Å². The fourth-order valence-corrected chi connectivity index (χ4v) is 3.88. The van der Waals surface area contributed by atoms with Crippen LogP contribution in [0.25, 0.3) is 11.3 Å². The minimum Gasteiger partial charge on any atom is -0.383 e. The van der Waals surface area contributed by atoms with Crippen LogP contribution in [0.1, 0.15) is 27.2 Å². The van der Waals surface area contributed by atoms with Crippen LogP contribution in [-0.2, 0) is 24.1 Å². The van der Waals surface area contributed by atoms with Gasteiger partial charge in [-0.3, -0.25) is 9.78 Å². The third-order valence-corrected chi connectivity index (χ3v) is 5.04. The molecular formula is C22H23N3O2. The lowest BCUT2D eigenvalue weighted by molar-refractivity contribution is 0.0944. The van der Waals surface area contributed by atoms with E-state index in [0.29, 0.717) is 19.6 Å². The second kappa shape index (κ2) is 7.76. The largest absolute Gasteiger partial charge is 0.383 e. The maximum Gasteiger partial charge on any atom is 0.253 e. The molecule has 138 valence electrons. The predicted octanol–water partition coefficient (Wildman–Crippen LogP) is 3.07. The van der Waals surface area contributed by atoms with Crippen molar-refractivity contribution in [3.63, 3.8) is 0 Å². The summed E-state index contributed by atoms with van der Waals surface area (Å²) in [7, 11) is 1.71. The van der Waals surface area contributed by atoms with E-state index in [1.165, 1.54) is 5.56 Å². The molecule has 27 heavy (non-hydrogen) atoms. The van der Waals surface area contributed by atoms with Gasteiger partial charge in [0.2, 0.25) is 0 Å². The molecule has 1 amide bonds. The molecule has 3 aromatic rings. The maximum absolute atomic E-state index is 12.8. The fraction of sp³-hybridized carbons (Fsp3) is 0.273. The number of methoxy groups -OCH3 is 1. The van der Waals surface area contributed by atoms with Crippen molar-refractivity contribution in [3.8, 4) is 11.3 Å². The van der Waals surface area contributed by atoms with Gasteiger partial charge in [-0.2, -0.15) is 0 Å². The van der Waals surface area contributed by atoms with Crippen LogP contribution in [0.15, 0.2) is 54.9 Å². The zero-order valence-electron chi connectivity index (χ0n) is 15.4. The third kappa shape index (κ3) is 3.38. The number of benzene rings is 1. The van der Waals surface area contributed by atoms with Gasteiger partial charge in [0.05, 0.1) is 17.9 Å². The Hall–Kier alpha value is -2.92. The van der Waals surface area contributed by atoms with Crippen LogP contribution in [0.4, 0.5) is 0 Å². The molecule has 1 N–H and O–H groups in total. The molecule has 0 spiro atoms. The highest BCUT2D eigenvalue weighted by atomic mass is 16.5. The van der Waals surface area contributed by atoms with Crippen molar-refractivity contribution in [2.75, 3.05) is 20.3 Å². The molecule has 0 fully saturated rings. The average Bonchev–Trinajstić information content (AvgIpc) is 3.02. The van der Waals surface area contributed by atoms with Gasteiger partial charge in [-0.25, -0.2) is 0 Å². The van der Waals surface area contributed by atoms with Gasteiger partial charge in [0.25, 0.3) is 5.91 Å². The molecule has 5 heteroatoms. The summed E-state index contributed by atoms with van der Waals surface area (Å²) < 4.78 is 7.62. The number of hydrogen-bond acceptors (Lipinski definition) is 3. The van der Waals surface area contributed by atoms with Gasteiger partial charge in [-0.15, -0.1) is 0 Å². The number of ether oxygens (including phenoxy) is 1. The Bertz CT molecular complexity index is 933. The van der Waals surface area contributed by atoms with E-state index in [0.717, 1.165) is 41.0 Å². The molecule has 1 aliphatic rings. The van der Waals surface area contributed by atoms with Gasteiger partial charge in [0.1, 0.15) is 0 Å². The molecule has 4 rings (SSSR count). The summed E-state index contributed by atoms with van der Waals surface area (Å²) in [5.74, 6) is 0.0219. The van der Waals surface area contributed by atoms with Gasteiger partial charge < -0.3 is 14.6 Å². The first-order valence-electron chi connectivity index (χ1n) is 9.25. The van der Waals surface area contributed by atoms with Crippen molar-refractivity contribution in [1.82, 2.24) is 14.9 Å². The molecule has 0 unspecified atom stereocenters. The van der Waals surface area contributed by atoms with Crippen LogP contribution >= 0.6 is 0 Å². The molecule has 5 nitrogen and oxygen atoms in total. The third-order valence-electron chi connectivity index (χ3n) is 5.04. The zero-order chi connectivity index (χ0) is 18.6. The van der Waals surface area contributed by atoms with Crippen LogP contribution < -0.4 is 5.32 Å². The highest BCUT2D eigenvalue weighted by Gasteiger charge is 2.30. The van der Waals surface area contributed by atoms with E-state index in [2.05, 4.69) is 27.0 Å². The highest BCUT2D eigenvalue weighted by molar-refractivity contribution is 6.00. The Morgan fingerprint density at radius 1 is 1.15 bits per heavy atom. The first kappa shape index (κ1) is 17.5. The van der Waals surface area contributed by atoms with Gasteiger partial charge in [-0.1, -0.05) is 30.3 Å². The van der Waals surface area contributed by atoms with Gasteiger partial charge in [-0.05, 0) is 23.3 Å². The Morgan fingerprint density at radius 2 is 1.93 bits per heavy atom. The number of nitrogens with one attached hydrogen (secondary N) is 1. The number of nitrogens with zero attached hydrogens (tertiary/aromatic N) is 2. The van der Waals surface area contributed by atoms with Crippen molar-refractivity contribution in [2.45, 2.75) is 19.4 Å². The Morgan fingerprint density at radius 3 is 2.67 bits per heavy atom. The lowest BCUT2D eigenvalue weighted by atomic mass is 9.95. The minimum atomic E-state index is 0.0219. The first-order chi connectivity index (χ1) is 13.3. The van der Waals surface area contributed by atoms with Gasteiger partial charge >= 0.3 is 0 Å². The summed E-state index contributed by atoms with van der Waals surface area (Å²) in [4.78, 5) is 17.0. The standard InChI is InChI=1S/C22H23N3O2/c1-27-14-13-25-19-9-12-24-22(26)20(19)18(15-16-5-3-2-4-6-16)21(25)17-7-10-23-11-8-17/h2-8,10-11H,9,12-15H2,1H3,(H,24,26). The molecule has 2 aromatic heterocycles. The molecule has 0 radical (unpaired) electrons. The highest BCUT2D eigenvalue weighted by Crippen LogP contribution is 2.35. The number of rotatable bonds is 6. The Kier molecular flexibility index (Phi) is 5.03. The van der Waals surface area contributed by atoms with E-state index < -0.39 is 0 Å². The van der Waals surface area contributed by atoms with Crippen molar-refractivity contribution < 1.29 is 9.53 Å². The van der Waals surface area contributed by atoms with Gasteiger partial charge in [0.15, 0.2) is 0 Å². The van der Waals surface area contributed by atoms with Crippen molar-refractivity contribution in [3.05, 3.63) is 77.2 Å². The summed E-state index contributed by atoms with van der Waals surface area (Å²) in [6.45, 7) is 1.99. The topological polar surface area (TPSA) is 56.2 Å². The first-order valence-corrected chi connectivity index (χ1v) is 9.25. The van der Waals surface area contributed by atoms with Crippen molar-refractivity contribution in [1.29, 1.82) is 0 Å². The monoisotopic (exact) mass is 361 g/mol. The lowest BCUT2D eigenvalue weighted by Gasteiger charge is -2.17. The number of aromatic nitrogens is 2. The maximum atomic E-state index is 12.8. The predicted molar refractivity (Wildman–Crippen MR) is 105 cm³/mol. The number of fused-ring (bicyclic) bond motifs is 1. The SMILES string of the molecule is COCCn1c2c(c(Cc3ccccc3)c1-c1ccncc1)C(=O)NCC2. The molecule has 3 heterocycles. The van der Waals surface area contributed by atoms with Crippen LogP contribution in [0.3, 0.4) is 0 Å². The van der Waals surface area contributed by atoms with Crippen LogP contribution in [0.5, 0.6) is 0 Å². The molecule has 0 saturated carbocycles. The van der Waals surface area contributed by atoms with Gasteiger partial charge in [0, 0.05) is 56.7 Å². The van der Waals surface area contributed by atoms with E-state index in [-0.39, 0.29) is 5.91 Å². The molecule has 0 saturated heterocycles. The van der Waals surface area contributed by atoms with E-state index >= 15 is 0 Å². The van der Waals surface area contributed by atoms with E-state index in [9.17, 15) is 4.79 Å². The second-order valence-electron chi connectivity index (χ2n) is 6.70. The number of pyridine rings is 1. The number of carbonyl (C=O) groups is 1. The minimum absolute atomic E-state index is 0.0219. The quantitative estimate of drug-likeness (QED) is 0.734. The van der Waals surface area contributed by atoms with Crippen molar-refractivity contribution in [2.24, 2.45) is 0 Å². The summed E-state index contributed by atoms with van der Waals surface area (Å²) in [6, 6.07) is 14.3. The van der Waals surface area contributed by atoms with E-state index in [1.54, 1.807) is 19.5 Å². The normalized spacial score (nSPS) is 13.3. The van der Waals surface area contributed by atoms with Crippen LogP contribution in [-0.4, -0.2) is 35.7 Å². The Balaban J connectivity index is 1.93. The molecule has 1 aliphatic heterocycles. The summed E-state index contributed by atoms with van der Waals surface area (Å²) in [5.41, 5.74) is 6.38. The molecule has 0 aliphatic carbocycles. The van der Waals surface area contributed by atoms with Crippen molar-refractivity contribution >= 4 is 5.91 Å². The number of carbonyl (C=O) groups excluding carboxylic acids is 1. The summed E-state index contributed by atoms with van der Waals surface area (Å²) in [5, 5.41) is 3.02. The smallest absolute Gasteiger partial charge is 0.253 e. The van der Waals surface area contributed by atoms with Crippen LogP contribution in [0.2, 0.25) is 0 Å². The molecule has 1 aromatic carbocycles. The summed E-state index contributed by atoms with van der Waals surface area (Å²) in [6.07, 6.45) is 5.15. The van der Waals surface area contributed by atoms with E-state index in [4.69, 9.17) is 4.74 Å². The summed E-state index contributed by atoms with van der Waals surface area (Å²) >= 11 is 0. The average molecular weight is 361 g/mol. The number of amides is 1. The lowest BCUT2D eigenvalue weighted by Crippen LogP contribution is -2.33. The molecule has 0 bridgehead atoms. The number of hydrogen-bond donors (Lipinski definition) is 1. The second-order valence-corrected chi connectivity index (χ2v) is 6.70.